The van der Waals surface area contributed by atoms with E-state index in [0.29, 0.717) is 13.1 Å². The quantitative estimate of drug-likeness (QED) is 0.630. The van der Waals surface area contributed by atoms with Gasteiger partial charge in [-0.15, -0.1) is 0 Å². The fourth-order valence-electron chi connectivity index (χ4n) is 2.76. The number of carbonyl (C=O) groups is 2. The molecule has 1 fully saturated rings. The second-order valence-electron chi connectivity index (χ2n) is 6.85. The minimum Gasteiger partial charge on any atom is -0.454 e. The summed E-state index contributed by atoms with van der Waals surface area (Å²) in [6, 6.07) is 5.01. The number of nitrogens with one attached hydrogen (secondary N) is 1. The van der Waals surface area contributed by atoms with Gasteiger partial charge in [0, 0.05) is 17.6 Å². The lowest BCUT2D eigenvalue weighted by Gasteiger charge is -2.27. The van der Waals surface area contributed by atoms with Crippen molar-refractivity contribution in [1.82, 2.24) is 9.62 Å². The number of piperidine rings is 1. The van der Waals surface area contributed by atoms with Crippen LogP contribution < -0.4 is 4.72 Å². The zero-order valence-electron chi connectivity index (χ0n) is 15.5. The van der Waals surface area contributed by atoms with Crippen molar-refractivity contribution in [2.75, 3.05) is 19.7 Å². The summed E-state index contributed by atoms with van der Waals surface area (Å²) < 4.78 is 33.3. The molecule has 150 valence electrons. The first kappa shape index (κ1) is 21.8. The van der Waals surface area contributed by atoms with Crippen LogP contribution in [0.25, 0.3) is 0 Å². The van der Waals surface area contributed by atoms with Crippen molar-refractivity contribution in [2.45, 2.75) is 44.0 Å². The molecule has 0 spiro atoms. The molecule has 0 aromatic heterocycles. The summed E-state index contributed by atoms with van der Waals surface area (Å²) in [4.78, 5) is 26.3. The molecular weight excluding hydrogens is 436 g/mol. The van der Waals surface area contributed by atoms with Crippen LogP contribution in [0, 0.1) is 5.92 Å². The Kier molecular flexibility index (Phi) is 7.81. The Hall–Kier alpha value is -1.45. The summed E-state index contributed by atoms with van der Waals surface area (Å²) in [5.74, 6) is -1.34. The summed E-state index contributed by atoms with van der Waals surface area (Å²) >= 11 is 3.25. The number of carbonyl (C=O) groups excluding carboxylic acids is 2. The van der Waals surface area contributed by atoms with E-state index in [0.717, 1.165) is 23.7 Å². The molecule has 0 aliphatic carbocycles. The fourth-order valence-corrected chi connectivity index (χ4v) is 4.36. The number of sulfonamides is 1. The summed E-state index contributed by atoms with van der Waals surface area (Å²) in [6.07, 6.45) is 2.99. The zero-order chi connectivity index (χ0) is 20.0. The summed E-state index contributed by atoms with van der Waals surface area (Å²) in [5, 5.41) is 0. The van der Waals surface area contributed by atoms with Crippen LogP contribution in [0.5, 0.6) is 0 Å². The molecule has 1 aromatic rings. The average Bonchev–Trinajstić information content (AvgIpc) is 2.64. The van der Waals surface area contributed by atoms with Crippen LogP contribution >= 0.6 is 15.9 Å². The molecule has 9 heteroatoms. The first-order chi connectivity index (χ1) is 12.7. The largest absolute Gasteiger partial charge is 0.454 e. The number of likely N-dealkylation sites (tertiary alicyclic amines) is 1. The minimum absolute atomic E-state index is 0.0496. The van der Waals surface area contributed by atoms with Crippen molar-refractivity contribution in [3.63, 3.8) is 0 Å². The van der Waals surface area contributed by atoms with Crippen LogP contribution in [0.3, 0.4) is 0 Å². The molecule has 2 rings (SSSR count). The van der Waals surface area contributed by atoms with Gasteiger partial charge in [0.1, 0.15) is 6.04 Å². The molecule has 0 unspecified atom stereocenters. The van der Waals surface area contributed by atoms with Crippen LogP contribution in [-0.4, -0.2) is 50.9 Å². The maximum absolute atomic E-state index is 12.5. The third kappa shape index (κ3) is 6.29. The van der Waals surface area contributed by atoms with Gasteiger partial charge in [0.25, 0.3) is 5.91 Å². The maximum Gasteiger partial charge on any atom is 0.324 e. The first-order valence-corrected chi connectivity index (χ1v) is 11.2. The van der Waals surface area contributed by atoms with Gasteiger partial charge in [-0.3, -0.25) is 9.59 Å². The molecule has 1 aliphatic heterocycles. The molecule has 1 saturated heterocycles. The van der Waals surface area contributed by atoms with E-state index < -0.39 is 22.0 Å². The van der Waals surface area contributed by atoms with Crippen molar-refractivity contribution in [2.24, 2.45) is 5.92 Å². The topological polar surface area (TPSA) is 92.8 Å². The molecule has 1 N–H and O–H groups in total. The fraction of sp³-hybridized carbons (Fsp3) is 0.556. The van der Waals surface area contributed by atoms with Crippen LogP contribution in [0.2, 0.25) is 0 Å². The van der Waals surface area contributed by atoms with Gasteiger partial charge in [0.05, 0.1) is 4.90 Å². The lowest BCUT2D eigenvalue weighted by Crippen LogP contribution is -2.46. The third-order valence-corrected chi connectivity index (χ3v) is 6.36. The predicted octanol–water partition coefficient (Wildman–Crippen LogP) is 2.31. The Morgan fingerprint density at radius 2 is 1.74 bits per heavy atom. The van der Waals surface area contributed by atoms with Gasteiger partial charge in [-0.25, -0.2) is 8.42 Å². The highest BCUT2D eigenvalue weighted by Crippen LogP contribution is 2.16. The van der Waals surface area contributed by atoms with E-state index in [-0.39, 0.29) is 23.3 Å². The molecule has 0 radical (unpaired) electrons. The second-order valence-corrected chi connectivity index (χ2v) is 9.48. The standard InChI is InChI=1S/C18H25BrN2O5S/c1-13(2)17(20-27(24,25)15-8-6-14(19)7-9-15)18(23)26-12-16(22)21-10-4-3-5-11-21/h6-9,13,17,20H,3-5,10-12H2,1-2H3/t17-/m0/s1. The molecular formula is C18H25BrN2O5S. The summed E-state index contributed by atoms with van der Waals surface area (Å²) in [5.41, 5.74) is 0. The molecule has 7 nitrogen and oxygen atoms in total. The maximum atomic E-state index is 12.5. The molecule has 1 aromatic carbocycles. The highest BCUT2D eigenvalue weighted by molar-refractivity contribution is 9.10. The van der Waals surface area contributed by atoms with Crippen LogP contribution in [0.1, 0.15) is 33.1 Å². The van der Waals surface area contributed by atoms with Crippen LogP contribution in [0.4, 0.5) is 0 Å². The van der Waals surface area contributed by atoms with Crippen molar-refractivity contribution in [3.8, 4) is 0 Å². The van der Waals surface area contributed by atoms with Gasteiger partial charge in [-0.2, -0.15) is 4.72 Å². The Morgan fingerprint density at radius 3 is 2.30 bits per heavy atom. The number of esters is 1. The molecule has 27 heavy (non-hydrogen) atoms. The SMILES string of the molecule is CC(C)[C@H](NS(=O)(=O)c1ccc(Br)cc1)C(=O)OCC(=O)N1CCCCC1. The van der Waals surface area contributed by atoms with Crippen molar-refractivity contribution in [3.05, 3.63) is 28.7 Å². The van der Waals surface area contributed by atoms with Gasteiger partial charge < -0.3 is 9.64 Å². The number of nitrogens with zero attached hydrogens (tertiary/aromatic N) is 1. The minimum atomic E-state index is -3.89. The lowest BCUT2D eigenvalue weighted by molar-refractivity contribution is -0.154. The van der Waals surface area contributed by atoms with E-state index in [4.69, 9.17) is 4.74 Å². The van der Waals surface area contributed by atoms with Gasteiger partial charge in [0.15, 0.2) is 6.61 Å². The van der Waals surface area contributed by atoms with E-state index >= 15 is 0 Å². The Bertz CT molecular complexity index is 758. The Labute approximate surface area is 168 Å². The molecule has 1 atom stereocenters. The second kappa shape index (κ2) is 9.66. The number of hydrogen-bond donors (Lipinski definition) is 1. The highest BCUT2D eigenvalue weighted by Gasteiger charge is 2.30. The first-order valence-electron chi connectivity index (χ1n) is 8.93. The Morgan fingerprint density at radius 1 is 1.15 bits per heavy atom. The number of hydrogen-bond acceptors (Lipinski definition) is 5. The van der Waals surface area contributed by atoms with Crippen LogP contribution in [-0.2, 0) is 24.3 Å². The van der Waals surface area contributed by atoms with Crippen molar-refractivity contribution in [1.29, 1.82) is 0 Å². The highest BCUT2D eigenvalue weighted by atomic mass is 79.9. The average molecular weight is 461 g/mol. The summed E-state index contributed by atoms with van der Waals surface area (Å²) in [6.45, 7) is 4.38. The van der Waals surface area contributed by atoms with E-state index in [1.807, 2.05) is 0 Å². The number of rotatable bonds is 7. The Balaban J connectivity index is 1.99. The smallest absolute Gasteiger partial charge is 0.324 e. The summed E-state index contributed by atoms with van der Waals surface area (Å²) in [7, 11) is -3.89. The van der Waals surface area contributed by atoms with E-state index in [9.17, 15) is 18.0 Å². The molecule has 0 saturated carbocycles. The van der Waals surface area contributed by atoms with E-state index in [1.165, 1.54) is 12.1 Å². The van der Waals surface area contributed by atoms with Crippen molar-refractivity contribution >= 4 is 37.8 Å². The molecule has 0 bridgehead atoms. The van der Waals surface area contributed by atoms with Gasteiger partial charge >= 0.3 is 5.97 Å². The predicted molar refractivity (Wildman–Crippen MR) is 104 cm³/mol. The third-order valence-electron chi connectivity index (χ3n) is 4.37. The van der Waals surface area contributed by atoms with Gasteiger partial charge in [-0.1, -0.05) is 29.8 Å². The number of amides is 1. The van der Waals surface area contributed by atoms with E-state index in [2.05, 4.69) is 20.7 Å². The zero-order valence-corrected chi connectivity index (χ0v) is 17.9. The number of ether oxygens (including phenoxy) is 1. The van der Waals surface area contributed by atoms with Crippen molar-refractivity contribution < 1.29 is 22.7 Å². The lowest BCUT2D eigenvalue weighted by atomic mass is 10.1. The van der Waals surface area contributed by atoms with Crippen LogP contribution in [0.15, 0.2) is 33.6 Å². The molecule has 1 heterocycles. The monoisotopic (exact) mass is 460 g/mol. The number of benzene rings is 1. The molecule has 1 aliphatic rings. The van der Waals surface area contributed by atoms with E-state index in [1.54, 1.807) is 30.9 Å². The normalized spacial score (nSPS) is 16.2. The van der Waals surface area contributed by atoms with Gasteiger partial charge in [0.2, 0.25) is 10.0 Å². The number of halogens is 1. The molecule has 1 amide bonds. The van der Waals surface area contributed by atoms with Gasteiger partial charge in [-0.05, 0) is 49.4 Å².